The van der Waals surface area contributed by atoms with Gasteiger partial charge in [0, 0.05) is 10.9 Å². The summed E-state index contributed by atoms with van der Waals surface area (Å²) >= 11 is 16.0. The molecule has 0 N–H and O–H groups in total. The van der Waals surface area contributed by atoms with Crippen LogP contribution in [0.15, 0.2) is 92.7 Å². The maximum atomic E-state index is 13.7. The highest BCUT2D eigenvalue weighted by atomic mass is 79.9. The van der Waals surface area contributed by atoms with E-state index in [-0.39, 0.29) is 34.2 Å². The van der Waals surface area contributed by atoms with E-state index < -0.39 is 23.9 Å². The van der Waals surface area contributed by atoms with Crippen LogP contribution in [0, 0.1) is 0 Å². The van der Waals surface area contributed by atoms with Crippen molar-refractivity contribution in [3.63, 3.8) is 0 Å². The van der Waals surface area contributed by atoms with Gasteiger partial charge in [0.15, 0.2) is 12.1 Å². The topological polar surface area (TPSA) is 98.0 Å². The molecule has 1 fully saturated rings. The average Bonchev–Trinajstić information content (AvgIpc) is 3.62. The molecular weight excluding hydrogens is 607 g/mol. The summed E-state index contributed by atoms with van der Waals surface area (Å²) in [6.45, 7) is -0.297. The van der Waals surface area contributed by atoms with Gasteiger partial charge in [-0.05, 0) is 35.4 Å². The molecule has 0 saturated carbocycles. The normalized spacial score (nSPS) is 22.1. The van der Waals surface area contributed by atoms with Gasteiger partial charge in [-0.1, -0.05) is 92.9 Å². The Hall–Kier alpha value is -3.60. The summed E-state index contributed by atoms with van der Waals surface area (Å²) < 4.78 is 0.939. The molecule has 3 amide bonds. The lowest BCUT2D eigenvalue weighted by atomic mass is 9.98. The first-order chi connectivity index (χ1) is 18.8. The van der Waals surface area contributed by atoms with Crippen molar-refractivity contribution in [1.82, 2.24) is 10.0 Å². The fourth-order valence-electron chi connectivity index (χ4n) is 4.98. The molecule has 3 atom stereocenters. The van der Waals surface area contributed by atoms with E-state index in [0.717, 1.165) is 26.2 Å². The van der Waals surface area contributed by atoms with Gasteiger partial charge >= 0.3 is 0 Å². The van der Waals surface area contributed by atoms with Crippen molar-refractivity contribution in [3.8, 4) is 0 Å². The Bertz CT molecular complexity index is 1530. The van der Waals surface area contributed by atoms with Crippen LogP contribution in [-0.2, 0) is 14.4 Å². The van der Waals surface area contributed by atoms with Gasteiger partial charge in [-0.15, -0.1) is 0 Å². The van der Waals surface area contributed by atoms with Crippen molar-refractivity contribution in [3.05, 3.63) is 98.4 Å². The number of fused-ring (bicyclic) bond motifs is 1. The molecule has 0 spiro atoms. The summed E-state index contributed by atoms with van der Waals surface area (Å²) in [4.78, 5) is 41.2. The minimum atomic E-state index is -1.09. The van der Waals surface area contributed by atoms with Gasteiger partial charge in [-0.2, -0.15) is 10.2 Å². The van der Waals surface area contributed by atoms with Gasteiger partial charge in [-0.25, -0.2) is 9.91 Å². The fourth-order valence-corrected chi connectivity index (χ4v) is 5.81. The molecule has 3 aliphatic heterocycles. The third kappa shape index (κ3) is 4.52. The number of carbonyl (C=O) groups is 3. The Balaban J connectivity index is 1.27. The highest BCUT2D eigenvalue weighted by molar-refractivity contribution is 9.10. The van der Waals surface area contributed by atoms with Gasteiger partial charge in [-0.3, -0.25) is 19.4 Å². The number of hydrazone groups is 1. The minimum Gasteiger partial charge on any atom is -0.271 e. The monoisotopic (exact) mass is 624 g/mol. The summed E-state index contributed by atoms with van der Waals surface area (Å²) in [7, 11) is 0. The maximum Gasteiger partial charge on any atom is 0.264 e. The molecule has 12 heteroatoms. The fraction of sp³-hybridized carbons (Fsp3) is 0.185. The number of carbonyl (C=O) groups excluding carboxylic acids is 3. The number of rotatable bonds is 5. The number of amides is 3. The second kappa shape index (κ2) is 10.2. The van der Waals surface area contributed by atoms with Crippen LogP contribution in [0.25, 0.3) is 0 Å². The van der Waals surface area contributed by atoms with Gasteiger partial charge in [0.2, 0.25) is 0 Å². The lowest BCUT2D eigenvalue weighted by Crippen LogP contribution is -2.44. The van der Waals surface area contributed by atoms with Crippen LogP contribution in [0.2, 0.25) is 10.0 Å². The van der Waals surface area contributed by atoms with Gasteiger partial charge in [0.1, 0.15) is 6.54 Å². The van der Waals surface area contributed by atoms with Crippen LogP contribution in [0.5, 0.6) is 0 Å². The molecule has 0 aromatic heterocycles. The zero-order valence-electron chi connectivity index (χ0n) is 20.1. The summed E-state index contributed by atoms with van der Waals surface area (Å²) in [6, 6.07) is 19.5. The van der Waals surface area contributed by atoms with Crippen molar-refractivity contribution in [2.75, 3.05) is 11.4 Å². The number of imide groups is 1. The third-order valence-electron chi connectivity index (χ3n) is 6.84. The van der Waals surface area contributed by atoms with E-state index in [2.05, 4.69) is 31.4 Å². The first kappa shape index (κ1) is 25.7. The Morgan fingerprint density at radius 1 is 0.923 bits per heavy atom. The highest BCUT2D eigenvalue weighted by Gasteiger charge is 2.56. The second-order valence-electron chi connectivity index (χ2n) is 9.20. The van der Waals surface area contributed by atoms with Crippen molar-refractivity contribution in [1.29, 1.82) is 0 Å². The van der Waals surface area contributed by atoms with E-state index in [9.17, 15) is 14.4 Å². The van der Waals surface area contributed by atoms with Crippen molar-refractivity contribution < 1.29 is 14.4 Å². The average molecular weight is 626 g/mol. The predicted octanol–water partition coefficient (Wildman–Crippen LogP) is 5.43. The van der Waals surface area contributed by atoms with Gasteiger partial charge in [0.25, 0.3) is 17.7 Å². The molecule has 0 unspecified atom stereocenters. The summed E-state index contributed by atoms with van der Waals surface area (Å²) in [5.74, 6) is -1.58. The van der Waals surface area contributed by atoms with E-state index in [4.69, 9.17) is 23.2 Å². The number of hydrogen-bond acceptors (Lipinski definition) is 7. The molecule has 196 valence electrons. The number of para-hydroxylation sites is 1. The first-order valence-corrected chi connectivity index (χ1v) is 13.6. The van der Waals surface area contributed by atoms with Gasteiger partial charge in [0.05, 0.1) is 27.5 Å². The summed E-state index contributed by atoms with van der Waals surface area (Å²) in [5, 5.41) is 15.7. The molecule has 0 bridgehead atoms. The summed E-state index contributed by atoms with van der Waals surface area (Å²) in [6.07, 6.45) is 0.515. The highest BCUT2D eigenvalue weighted by Crippen LogP contribution is 2.40. The molecule has 6 rings (SSSR count). The van der Waals surface area contributed by atoms with Crippen LogP contribution in [0.4, 0.5) is 5.69 Å². The van der Waals surface area contributed by atoms with E-state index in [1.54, 1.807) is 18.2 Å². The molecule has 3 aromatic rings. The molecule has 9 nitrogen and oxygen atoms in total. The van der Waals surface area contributed by atoms with Gasteiger partial charge < -0.3 is 0 Å². The zero-order valence-corrected chi connectivity index (χ0v) is 23.2. The van der Waals surface area contributed by atoms with Crippen molar-refractivity contribution >= 4 is 68.3 Å². The molecule has 3 aliphatic rings. The van der Waals surface area contributed by atoms with E-state index >= 15 is 0 Å². The lowest BCUT2D eigenvalue weighted by Gasteiger charge is -2.25. The SMILES string of the molecule is O=C1[C@@H]2N=NN(CC(=O)N3N=C(c4ccc(Br)cc4)C[C@H]3c3ccccc3)[C@H]2C(=O)N1c1c(Cl)cccc1Cl. The number of nitrogens with zero attached hydrogens (tertiary/aromatic N) is 6. The van der Waals surface area contributed by atoms with Crippen LogP contribution in [0.1, 0.15) is 23.6 Å². The number of halogens is 3. The minimum absolute atomic E-state index is 0.0964. The Kier molecular flexibility index (Phi) is 6.70. The number of anilines is 1. The third-order valence-corrected chi connectivity index (χ3v) is 7.98. The molecule has 0 aliphatic carbocycles. The molecule has 39 heavy (non-hydrogen) atoms. The molecule has 0 radical (unpaired) electrons. The zero-order chi connectivity index (χ0) is 27.3. The number of benzene rings is 3. The molecular formula is C27H19BrCl2N6O3. The van der Waals surface area contributed by atoms with Crippen LogP contribution in [0.3, 0.4) is 0 Å². The second-order valence-corrected chi connectivity index (χ2v) is 10.9. The first-order valence-electron chi connectivity index (χ1n) is 12.0. The predicted molar refractivity (Wildman–Crippen MR) is 149 cm³/mol. The lowest BCUT2D eigenvalue weighted by molar-refractivity contribution is -0.135. The largest absolute Gasteiger partial charge is 0.271 e. The van der Waals surface area contributed by atoms with Crippen LogP contribution < -0.4 is 4.90 Å². The van der Waals surface area contributed by atoms with Crippen LogP contribution in [-0.4, -0.2) is 52.1 Å². The van der Waals surface area contributed by atoms with Crippen molar-refractivity contribution in [2.24, 2.45) is 15.4 Å². The Morgan fingerprint density at radius 2 is 1.62 bits per heavy atom. The standard InChI is InChI=1S/C27H19BrCl2N6O3/c28-17-11-9-15(10-12-17)20-13-21(16-5-2-1-3-6-16)36(32-20)22(37)14-34-25-23(31-33-34)26(38)35(27(25)39)24-18(29)7-4-8-19(24)30/h1-12,21,23,25H,13-14H2/t21-,23+,25+/m0/s1. The molecule has 3 aromatic carbocycles. The molecule has 1 saturated heterocycles. The van der Waals surface area contributed by atoms with Crippen molar-refractivity contribution in [2.45, 2.75) is 24.5 Å². The summed E-state index contributed by atoms with van der Waals surface area (Å²) in [5.41, 5.74) is 2.69. The molecule has 3 heterocycles. The van der Waals surface area contributed by atoms with E-state index in [0.29, 0.717) is 6.42 Å². The number of hydrogen-bond donors (Lipinski definition) is 0. The smallest absolute Gasteiger partial charge is 0.264 e. The van der Waals surface area contributed by atoms with E-state index in [1.807, 2.05) is 54.6 Å². The Morgan fingerprint density at radius 3 is 2.31 bits per heavy atom. The maximum absolute atomic E-state index is 13.7. The Labute approximate surface area is 241 Å². The van der Waals surface area contributed by atoms with E-state index in [1.165, 1.54) is 10.0 Å². The van der Waals surface area contributed by atoms with Crippen LogP contribution >= 0.6 is 39.1 Å². The quantitative estimate of drug-likeness (QED) is 0.353.